The normalized spacial score (nSPS) is 13.6. The van der Waals surface area contributed by atoms with Gasteiger partial charge in [-0.15, -0.1) is 0 Å². The lowest BCUT2D eigenvalue weighted by molar-refractivity contribution is 0.295. The van der Waals surface area contributed by atoms with Crippen LogP contribution < -0.4 is 4.74 Å². The Morgan fingerprint density at radius 3 is 2.94 bits per heavy atom. The highest BCUT2D eigenvalue weighted by molar-refractivity contribution is 14.1. The minimum absolute atomic E-state index is 0.438. The van der Waals surface area contributed by atoms with Gasteiger partial charge in [-0.1, -0.05) is 11.6 Å². The van der Waals surface area contributed by atoms with Crippen molar-refractivity contribution in [3.63, 3.8) is 0 Å². The lowest BCUT2D eigenvalue weighted by Crippen LogP contribution is -2.07. The molecule has 2 aromatic rings. The van der Waals surface area contributed by atoms with E-state index in [0.717, 1.165) is 25.3 Å². The molecule has 0 amide bonds. The summed E-state index contributed by atoms with van der Waals surface area (Å²) in [6.07, 6.45) is 0. The average molecular weight is 473 g/mol. The summed E-state index contributed by atoms with van der Waals surface area (Å²) < 4.78 is 9.88. The molecule has 1 aliphatic rings. The molecule has 0 radical (unpaired) electrons. The van der Waals surface area contributed by atoms with E-state index in [4.69, 9.17) is 16.3 Å². The van der Waals surface area contributed by atoms with Crippen LogP contribution in [0.15, 0.2) is 12.1 Å². The van der Waals surface area contributed by atoms with Crippen LogP contribution in [-0.4, -0.2) is 21.1 Å². The van der Waals surface area contributed by atoms with Crippen LogP contribution >= 0.6 is 56.8 Å². The summed E-state index contributed by atoms with van der Waals surface area (Å²) in [6, 6.07) is 3.66. The van der Waals surface area contributed by atoms with Crippen LogP contribution in [0, 0.1) is 7.40 Å². The van der Waals surface area contributed by atoms with Gasteiger partial charge in [0.05, 0.1) is 12.1 Å². The molecule has 0 N–H and O–H groups in total. The predicted molar refractivity (Wildman–Crippen MR) is 81.4 cm³/mol. The molecule has 0 unspecified atom stereocenters. The molecule has 2 aromatic heterocycles. The fourth-order valence-electron chi connectivity index (χ4n) is 1.75. The highest BCUT2D eigenvalue weighted by Gasteiger charge is 2.22. The first-order valence-electron chi connectivity index (χ1n) is 4.88. The van der Waals surface area contributed by atoms with Gasteiger partial charge in [-0.25, -0.2) is 9.97 Å². The molecule has 3 heterocycles. The first-order chi connectivity index (χ1) is 8.16. The number of halogens is 3. The van der Waals surface area contributed by atoms with Gasteiger partial charge in [-0.05, 0) is 57.3 Å². The predicted octanol–water partition coefficient (Wildman–Crippen LogP) is 3.20. The van der Waals surface area contributed by atoms with Gasteiger partial charge >= 0.3 is 0 Å². The zero-order chi connectivity index (χ0) is 12.0. The van der Waals surface area contributed by atoms with Gasteiger partial charge in [0.25, 0.3) is 0 Å². The largest absolute Gasteiger partial charge is 0.475 e. The van der Waals surface area contributed by atoms with E-state index in [1.54, 1.807) is 6.07 Å². The van der Waals surface area contributed by atoms with Crippen LogP contribution in [0.1, 0.15) is 0 Å². The lowest BCUT2D eigenvalue weighted by atomic mass is 10.2. The quantitative estimate of drug-likeness (QED) is 0.436. The van der Waals surface area contributed by atoms with Gasteiger partial charge in [0, 0.05) is 0 Å². The molecule has 0 saturated carbocycles. The average Bonchev–Trinajstić information content (AvgIpc) is 2.49. The Balaban J connectivity index is 2.27. The third-order valence-electron chi connectivity index (χ3n) is 2.49. The zero-order valence-electron chi connectivity index (χ0n) is 8.45. The topological polar surface area (TPSA) is 39.9 Å². The van der Waals surface area contributed by atoms with Crippen molar-refractivity contribution < 1.29 is 4.74 Å². The molecule has 0 bridgehead atoms. The Kier molecular flexibility index (Phi) is 3.20. The molecule has 0 atom stereocenters. The summed E-state index contributed by atoms with van der Waals surface area (Å²) in [5.74, 6) is 1.46. The molecule has 17 heavy (non-hydrogen) atoms. The van der Waals surface area contributed by atoms with E-state index in [1.807, 2.05) is 6.07 Å². The Morgan fingerprint density at radius 1 is 1.29 bits per heavy atom. The summed E-state index contributed by atoms with van der Waals surface area (Å²) in [4.78, 5) is 8.76. The molecule has 0 fully saturated rings. The Labute approximate surface area is 130 Å². The summed E-state index contributed by atoms with van der Waals surface area (Å²) in [5, 5.41) is 0.438. The Morgan fingerprint density at radius 2 is 2.12 bits per heavy atom. The molecular formula is C10H6ClI2N3O. The molecule has 7 heteroatoms. The van der Waals surface area contributed by atoms with E-state index in [2.05, 4.69) is 59.7 Å². The highest BCUT2D eigenvalue weighted by Crippen LogP contribution is 2.33. The second kappa shape index (κ2) is 4.54. The maximum Gasteiger partial charge on any atom is 0.226 e. The summed E-state index contributed by atoms with van der Waals surface area (Å²) in [7, 11) is 0. The monoisotopic (exact) mass is 473 g/mol. The van der Waals surface area contributed by atoms with Gasteiger partial charge < -0.3 is 9.30 Å². The number of hydrogen-bond donors (Lipinski definition) is 0. The fourth-order valence-corrected chi connectivity index (χ4v) is 2.99. The fraction of sp³-hybridized carbons (Fsp3) is 0.200. The van der Waals surface area contributed by atoms with E-state index in [0.29, 0.717) is 17.6 Å². The minimum Gasteiger partial charge on any atom is -0.475 e. The zero-order valence-corrected chi connectivity index (χ0v) is 13.5. The van der Waals surface area contributed by atoms with Crippen LogP contribution in [0.4, 0.5) is 0 Å². The van der Waals surface area contributed by atoms with Crippen molar-refractivity contribution in [1.29, 1.82) is 0 Å². The molecule has 3 rings (SSSR count). The first-order valence-corrected chi connectivity index (χ1v) is 7.41. The van der Waals surface area contributed by atoms with Gasteiger partial charge in [0.15, 0.2) is 0 Å². The summed E-state index contributed by atoms with van der Waals surface area (Å²) in [5.41, 5.74) is 0.896. The van der Waals surface area contributed by atoms with Crippen molar-refractivity contribution in [2.75, 3.05) is 6.61 Å². The third kappa shape index (κ3) is 2.03. The molecule has 0 aliphatic carbocycles. The van der Waals surface area contributed by atoms with Gasteiger partial charge in [0.2, 0.25) is 5.88 Å². The van der Waals surface area contributed by atoms with Gasteiger partial charge in [0.1, 0.15) is 25.0 Å². The van der Waals surface area contributed by atoms with Crippen molar-refractivity contribution in [3.05, 3.63) is 24.7 Å². The molecular weight excluding hydrogens is 467 g/mol. The molecule has 0 spiro atoms. The summed E-state index contributed by atoms with van der Waals surface area (Å²) >= 11 is 10.4. The molecule has 0 aromatic carbocycles. The van der Waals surface area contributed by atoms with E-state index < -0.39 is 0 Å². The van der Waals surface area contributed by atoms with E-state index in [-0.39, 0.29) is 0 Å². The van der Waals surface area contributed by atoms with E-state index in [1.165, 1.54) is 0 Å². The van der Waals surface area contributed by atoms with Crippen molar-refractivity contribution >= 4 is 56.8 Å². The SMILES string of the molecule is Clc1ccc2c(n1)OCCn1c-2nc(I)c1I. The van der Waals surface area contributed by atoms with Crippen molar-refractivity contribution in [3.8, 4) is 17.3 Å². The number of ether oxygens (including phenoxy) is 1. The molecule has 0 saturated heterocycles. The Bertz CT molecular complexity index is 599. The number of nitrogens with zero attached hydrogens (tertiary/aromatic N) is 3. The van der Waals surface area contributed by atoms with Crippen LogP contribution in [0.3, 0.4) is 0 Å². The second-order valence-electron chi connectivity index (χ2n) is 3.50. The Hall–Kier alpha value is -0.0900. The smallest absolute Gasteiger partial charge is 0.226 e. The number of pyridine rings is 1. The van der Waals surface area contributed by atoms with Crippen molar-refractivity contribution in [2.24, 2.45) is 0 Å². The number of rotatable bonds is 0. The van der Waals surface area contributed by atoms with Crippen molar-refractivity contribution in [2.45, 2.75) is 6.54 Å². The minimum atomic E-state index is 0.438. The van der Waals surface area contributed by atoms with Gasteiger partial charge in [-0.2, -0.15) is 0 Å². The number of fused-ring (bicyclic) bond motifs is 3. The van der Waals surface area contributed by atoms with Crippen LogP contribution in [0.2, 0.25) is 5.15 Å². The second-order valence-corrected chi connectivity index (χ2v) is 5.93. The molecule has 1 aliphatic heterocycles. The number of hydrogen-bond acceptors (Lipinski definition) is 3. The van der Waals surface area contributed by atoms with E-state index in [9.17, 15) is 0 Å². The number of aromatic nitrogens is 3. The third-order valence-corrected chi connectivity index (χ3v) is 5.58. The molecule has 4 nitrogen and oxygen atoms in total. The van der Waals surface area contributed by atoms with Crippen LogP contribution in [0.5, 0.6) is 5.88 Å². The maximum absolute atomic E-state index is 5.87. The van der Waals surface area contributed by atoms with Crippen LogP contribution in [-0.2, 0) is 6.54 Å². The summed E-state index contributed by atoms with van der Waals surface area (Å²) in [6.45, 7) is 1.35. The maximum atomic E-state index is 5.87. The van der Waals surface area contributed by atoms with Crippen molar-refractivity contribution in [1.82, 2.24) is 14.5 Å². The standard InChI is InChI=1S/C10H6ClI2N3O/c11-6-2-1-5-9-15-7(12)8(13)16(9)3-4-17-10(5)14-6/h1-2H,3-4H2. The van der Waals surface area contributed by atoms with E-state index >= 15 is 0 Å². The first kappa shape index (κ1) is 12.0. The number of imidazole rings is 1. The van der Waals surface area contributed by atoms with Crippen LogP contribution in [0.25, 0.3) is 11.4 Å². The lowest BCUT2D eigenvalue weighted by Gasteiger charge is -2.04. The highest BCUT2D eigenvalue weighted by atomic mass is 127. The molecule has 88 valence electrons. The van der Waals surface area contributed by atoms with Gasteiger partial charge in [-0.3, -0.25) is 0 Å².